The highest BCUT2D eigenvalue weighted by Gasteiger charge is 2.31. The second-order valence-corrected chi connectivity index (χ2v) is 7.09. The fraction of sp³-hybridized carbons (Fsp3) is 0.190. The molecule has 1 aromatic heterocycles. The lowest BCUT2D eigenvalue weighted by atomic mass is 9.89. The van der Waals surface area contributed by atoms with E-state index < -0.39 is 0 Å². The van der Waals surface area contributed by atoms with Gasteiger partial charge in [-0.2, -0.15) is 0 Å². The van der Waals surface area contributed by atoms with E-state index in [1.165, 1.54) is 6.07 Å². The van der Waals surface area contributed by atoms with Gasteiger partial charge >= 0.3 is 0 Å². The zero-order valence-electron chi connectivity index (χ0n) is 14.3. The van der Waals surface area contributed by atoms with Crippen LogP contribution in [0, 0.1) is 5.82 Å². The number of fused-ring (bicyclic) bond motifs is 1. The van der Waals surface area contributed by atoms with Gasteiger partial charge in [0.05, 0.1) is 12.3 Å². The monoisotopic (exact) mass is 367 g/mol. The number of thiophene rings is 1. The molecule has 1 aliphatic heterocycles. The maximum atomic E-state index is 14.3. The van der Waals surface area contributed by atoms with Crippen molar-refractivity contribution in [2.45, 2.75) is 19.3 Å². The molecule has 1 aliphatic rings. The molecular formula is C21H18FNO2S. The van der Waals surface area contributed by atoms with Gasteiger partial charge in [0.2, 0.25) is 5.91 Å². The normalized spacial score (nSPS) is 16.1. The predicted octanol–water partition coefficient (Wildman–Crippen LogP) is 5.43. The molecule has 5 heteroatoms. The molecule has 1 amide bonds. The van der Waals surface area contributed by atoms with Crippen molar-refractivity contribution >= 4 is 22.9 Å². The number of nitrogens with one attached hydrogen (secondary N) is 1. The number of hydrogen-bond acceptors (Lipinski definition) is 3. The van der Waals surface area contributed by atoms with Crippen molar-refractivity contribution in [1.29, 1.82) is 0 Å². The summed E-state index contributed by atoms with van der Waals surface area (Å²) in [5, 5.41) is 4.87. The lowest BCUT2D eigenvalue weighted by Crippen LogP contribution is -2.22. The van der Waals surface area contributed by atoms with Crippen LogP contribution in [-0.2, 0) is 4.79 Å². The summed E-state index contributed by atoms with van der Waals surface area (Å²) in [4.78, 5) is 13.4. The third-order valence-corrected chi connectivity index (χ3v) is 5.62. The second kappa shape index (κ2) is 6.92. The molecule has 0 spiro atoms. The van der Waals surface area contributed by atoms with Gasteiger partial charge in [-0.15, -0.1) is 11.3 Å². The van der Waals surface area contributed by atoms with Crippen LogP contribution in [0.25, 0.3) is 11.1 Å². The molecule has 0 saturated carbocycles. The van der Waals surface area contributed by atoms with Crippen LogP contribution in [0.5, 0.6) is 5.75 Å². The SMILES string of the molecule is CCOc1cccc([C@H]2CC(=O)Nc3c(-c4ccccc4F)csc32)c1. The first kappa shape index (κ1) is 16.8. The topological polar surface area (TPSA) is 38.3 Å². The van der Waals surface area contributed by atoms with Crippen LogP contribution < -0.4 is 10.1 Å². The number of halogens is 1. The zero-order chi connectivity index (χ0) is 18.1. The van der Waals surface area contributed by atoms with Gasteiger partial charge in [0, 0.05) is 33.7 Å². The number of hydrogen-bond donors (Lipinski definition) is 1. The number of rotatable bonds is 4. The molecule has 3 aromatic rings. The molecular weight excluding hydrogens is 349 g/mol. The minimum atomic E-state index is -0.289. The van der Waals surface area contributed by atoms with E-state index in [1.807, 2.05) is 36.6 Å². The molecule has 0 fully saturated rings. The number of amides is 1. The third kappa shape index (κ3) is 2.99. The van der Waals surface area contributed by atoms with Crippen molar-refractivity contribution < 1.29 is 13.9 Å². The molecule has 0 saturated heterocycles. The summed E-state index contributed by atoms with van der Waals surface area (Å²) >= 11 is 1.56. The Hall–Kier alpha value is -2.66. The number of ether oxygens (including phenoxy) is 1. The van der Waals surface area contributed by atoms with E-state index in [4.69, 9.17) is 4.74 Å². The van der Waals surface area contributed by atoms with Crippen LogP contribution >= 0.6 is 11.3 Å². The quantitative estimate of drug-likeness (QED) is 0.668. The minimum Gasteiger partial charge on any atom is -0.494 e. The van der Waals surface area contributed by atoms with E-state index >= 15 is 0 Å². The van der Waals surface area contributed by atoms with Gasteiger partial charge in [-0.1, -0.05) is 30.3 Å². The summed E-state index contributed by atoms with van der Waals surface area (Å²) < 4.78 is 19.8. The third-order valence-electron chi connectivity index (χ3n) is 4.53. The number of carbonyl (C=O) groups is 1. The largest absolute Gasteiger partial charge is 0.494 e. The Morgan fingerprint density at radius 3 is 2.85 bits per heavy atom. The van der Waals surface area contributed by atoms with E-state index in [0.29, 0.717) is 18.6 Å². The fourth-order valence-electron chi connectivity index (χ4n) is 3.36. The Bertz CT molecular complexity index is 966. The molecule has 0 radical (unpaired) electrons. The Morgan fingerprint density at radius 1 is 1.19 bits per heavy atom. The van der Waals surface area contributed by atoms with Crippen LogP contribution in [-0.4, -0.2) is 12.5 Å². The van der Waals surface area contributed by atoms with Gasteiger partial charge in [0.1, 0.15) is 11.6 Å². The number of benzene rings is 2. The Morgan fingerprint density at radius 2 is 2.04 bits per heavy atom. The first-order chi connectivity index (χ1) is 12.7. The predicted molar refractivity (Wildman–Crippen MR) is 102 cm³/mol. The number of carbonyl (C=O) groups excluding carboxylic acids is 1. The summed E-state index contributed by atoms with van der Waals surface area (Å²) in [7, 11) is 0. The van der Waals surface area contributed by atoms with Crippen molar-refractivity contribution in [2.75, 3.05) is 11.9 Å². The molecule has 0 unspecified atom stereocenters. The van der Waals surface area contributed by atoms with E-state index in [9.17, 15) is 9.18 Å². The summed E-state index contributed by atoms with van der Waals surface area (Å²) in [5.41, 5.74) is 3.01. The van der Waals surface area contributed by atoms with Crippen LogP contribution in [0.2, 0.25) is 0 Å². The summed E-state index contributed by atoms with van der Waals surface area (Å²) in [6.07, 6.45) is 0.375. The molecule has 0 aliphatic carbocycles. The molecule has 2 aromatic carbocycles. The maximum Gasteiger partial charge on any atom is 0.225 e. The molecule has 2 heterocycles. The van der Waals surface area contributed by atoms with Crippen molar-refractivity contribution in [2.24, 2.45) is 0 Å². The molecule has 26 heavy (non-hydrogen) atoms. The number of anilines is 1. The smallest absolute Gasteiger partial charge is 0.225 e. The highest BCUT2D eigenvalue weighted by Crippen LogP contribution is 2.47. The first-order valence-corrected chi connectivity index (χ1v) is 9.44. The van der Waals surface area contributed by atoms with Gasteiger partial charge in [-0.3, -0.25) is 4.79 Å². The average Bonchev–Trinajstić information content (AvgIpc) is 3.05. The molecule has 4 rings (SSSR count). The lowest BCUT2D eigenvalue weighted by molar-refractivity contribution is -0.116. The van der Waals surface area contributed by atoms with Crippen LogP contribution in [0.15, 0.2) is 53.9 Å². The van der Waals surface area contributed by atoms with Crippen LogP contribution in [0.3, 0.4) is 0 Å². The summed E-state index contributed by atoms with van der Waals surface area (Å²) in [6, 6.07) is 14.5. The van der Waals surface area contributed by atoms with Crippen LogP contribution in [0.4, 0.5) is 10.1 Å². The minimum absolute atomic E-state index is 0.0512. The van der Waals surface area contributed by atoms with Gasteiger partial charge in [0.25, 0.3) is 0 Å². The molecule has 3 nitrogen and oxygen atoms in total. The van der Waals surface area contributed by atoms with Gasteiger partial charge in [-0.25, -0.2) is 4.39 Å². The molecule has 1 N–H and O–H groups in total. The van der Waals surface area contributed by atoms with E-state index in [2.05, 4.69) is 5.32 Å². The first-order valence-electron chi connectivity index (χ1n) is 8.56. The van der Waals surface area contributed by atoms with Crippen LogP contribution in [0.1, 0.15) is 29.7 Å². The van der Waals surface area contributed by atoms with Crippen molar-refractivity contribution in [3.05, 3.63) is 70.2 Å². The Kier molecular flexibility index (Phi) is 4.47. The van der Waals surface area contributed by atoms with E-state index in [0.717, 1.165) is 27.4 Å². The standard InChI is InChI=1S/C21H18FNO2S/c1-2-25-14-7-5-6-13(10-14)16-11-19(24)23-20-17(12-26-21(16)20)15-8-3-4-9-18(15)22/h3-10,12,16H,2,11H2,1H3,(H,23,24)/t16-/m1/s1. The van der Waals surface area contributed by atoms with E-state index in [-0.39, 0.29) is 17.6 Å². The van der Waals surface area contributed by atoms with Crippen molar-refractivity contribution in [1.82, 2.24) is 0 Å². The second-order valence-electron chi connectivity index (χ2n) is 6.18. The Labute approximate surface area is 155 Å². The van der Waals surface area contributed by atoms with Gasteiger partial charge in [-0.05, 0) is 30.7 Å². The fourth-order valence-corrected chi connectivity index (χ4v) is 4.51. The van der Waals surface area contributed by atoms with Gasteiger partial charge in [0.15, 0.2) is 0 Å². The average molecular weight is 367 g/mol. The highest BCUT2D eigenvalue weighted by molar-refractivity contribution is 7.11. The maximum absolute atomic E-state index is 14.3. The molecule has 1 atom stereocenters. The van der Waals surface area contributed by atoms with Gasteiger partial charge < -0.3 is 10.1 Å². The van der Waals surface area contributed by atoms with Crippen molar-refractivity contribution in [3.63, 3.8) is 0 Å². The zero-order valence-corrected chi connectivity index (χ0v) is 15.1. The Balaban J connectivity index is 1.79. The summed E-state index contributed by atoms with van der Waals surface area (Å²) in [5.74, 6) is 0.399. The molecule has 132 valence electrons. The molecule has 0 bridgehead atoms. The lowest BCUT2D eigenvalue weighted by Gasteiger charge is -2.24. The summed E-state index contributed by atoms with van der Waals surface area (Å²) in [6.45, 7) is 2.54. The van der Waals surface area contributed by atoms with E-state index in [1.54, 1.807) is 29.5 Å². The van der Waals surface area contributed by atoms with Crippen molar-refractivity contribution in [3.8, 4) is 16.9 Å². The highest BCUT2D eigenvalue weighted by atomic mass is 32.1.